The van der Waals surface area contributed by atoms with E-state index in [-0.39, 0.29) is 5.56 Å². The molecule has 0 unspecified atom stereocenters. The van der Waals surface area contributed by atoms with E-state index < -0.39 is 0 Å². The normalized spacial score (nSPS) is 16.7. The van der Waals surface area contributed by atoms with E-state index in [1.165, 1.54) is 21.6 Å². The molecular formula is C21H24N2O2S. The van der Waals surface area contributed by atoms with Gasteiger partial charge in [0, 0.05) is 4.88 Å². The molecule has 3 aromatic rings. The molecule has 1 aliphatic rings. The largest absolute Gasteiger partial charge is 0.492 e. The van der Waals surface area contributed by atoms with Crippen molar-refractivity contribution in [2.24, 2.45) is 5.92 Å². The third-order valence-corrected chi connectivity index (χ3v) is 6.24. The van der Waals surface area contributed by atoms with Crippen molar-refractivity contribution in [3.05, 3.63) is 56.4 Å². The summed E-state index contributed by atoms with van der Waals surface area (Å²) < 4.78 is 7.55. The van der Waals surface area contributed by atoms with E-state index >= 15 is 0 Å². The fourth-order valence-electron chi connectivity index (χ4n) is 3.80. The first-order chi connectivity index (χ1) is 12.5. The van der Waals surface area contributed by atoms with Crippen LogP contribution in [0.3, 0.4) is 0 Å². The molecule has 1 aromatic carbocycles. The van der Waals surface area contributed by atoms with Gasteiger partial charge in [-0.1, -0.05) is 13.0 Å². The van der Waals surface area contributed by atoms with E-state index in [0.29, 0.717) is 19.1 Å². The van der Waals surface area contributed by atoms with Crippen LogP contribution >= 0.6 is 11.3 Å². The molecule has 1 aliphatic carbocycles. The second kappa shape index (κ2) is 6.88. The van der Waals surface area contributed by atoms with Crippen molar-refractivity contribution >= 4 is 21.6 Å². The highest BCUT2D eigenvalue weighted by atomic mass is 32.1. The zero-order chi connectivity index (χ0) is 18.3. The SMILES string of the molecule is Cc1cc(C)cc(OCCn2cnc3sc4c(c3c2=O)CC[C@@H](C)C4)c1. The van der Waals surface area contributed by atoms with Gasteiger partial charge in [0.2, 0.25) is 0 Å². The van der Waals surface area contributed by atoms with E-state index in [1.807, 2.05) is 12.1 Å². The van der Waals surface area contributed by atoms with Gasteiger partial charge in [-0.05, 0) is 67.9 Å². The Balaban J connectivity index is 1.55. The highest BCUT2D eigenvalue weighted by Crippen LogP contribution is 2.35. The third-order valence-electron chi connectivity index (χ3n) is 5.08. The number of thiophene rings is 1. The third kappa shape index (κ3) is 3.28. The summed E-state index contributed by atoms with van der Waals surface area (Å²) in [4.78, 5) is 19.8. The Labute approximate surface area is 157 Å². The maximum Gasteiger partial charge on any atom is 0.262 e. The van der Waals surface area contributed by atoms with E-state index in [1.54, 1.807) is 22.2 Å². The van der Waals surface area contributed by atoms with Crippen LogP contribution in [0.2, 0.25) is 0 Å². The van der Waals surface area contributed by atoms with Crippen molar-refractivity contribution in [3.8, 4) is 5.75 Å². The van der Waals surface area contributed by atoms with Crippen LogP contribution in [0.4, 0.5) is 0 Å². The van der Waals surface area contributed by atoms with Crippen molar-refractivity contribution in [2.45, 2.75) is 46.6 Å². The van der Waals surface area contributed by atoms with Crippen LogP contribution < -0.4 is 10.3 Å². The van der Waals surface area contributed by atoms with Gasteiger partial charge in [0.25, 0.3) is 5.56 Å². The minimum absolute atomic E-state index is 0.0751. The van der Waals surface area contributed by atoms with Crippen molar-refractivity contribution in [3.63, 3.8) is 0 Å². The Morgan fingerprint density at radius 2 is 2.04 bits per heavy atom. The first-order valence-corrected chi connectivity index (χ1v) is 10.0. The minimum Gasteiger partial charge on any atom is -0.492 e. The Hall–Kier alpha value is -2.14. The number of benzene rings is 1. The summed E-state index contributed by atoms with van der Waals surface area (Å²) in [5.41, 5.74) is 3.68. The molecule has 0 fully saturated rings. The van der Waals surface area contributed by atoms with Gasteiger partial charge in [-0.2, -0.15) is 0 Å². The average molecular weight is 369 g/mol. The maximum atomic E-state index is 13.0. The van der Waals surface area contributed by atoms with Gasteiger partial charge in [0.05, 0.1) is 18.3 Å². The molecule has 4 rings (SSSR count). The molecule has 0 bridgehead atoms. The van der Waals surface area contributed by atoms with Crippen molar-refractivity contribution in [1.82, 2.24) is 9.55 Å². The molecule has 5 heteroatoms. The molecule has 0 N–H and O–H groups in total. The second-order valence-corrected chi connectivity index (χ2v) is 8.53. The van der Waals surface area contributed by atoms with E-state index in [4.69, 9.17) is 4.74 Å². The summed E-state index contributed by atoms with van der Waals surface area (Å²) >= 11 is 1.69. The first kappa shape index (κ1) is 17.3. The smallest absolute Gasteiger partial charge is 0.262 e. The number of ether oxygens (including phenoxy) is 1. The molecule has 1 atom stereocenters. The van der Waals surface area contributed by atoms with E-state index in [0.717, 1.165) is 35.2 Å². The number of nitrogens with zero attached hydrogens (tertiary/aromatic N) is 2. The first-order valence-electron chi connectivity index (χ1n) is 9.22. The zero-order valence-electron chi connectivity index (χ0n) is 15.5. The molecule has 2 aromatic heterocycles. The van der Waals surface area contributed by atoms with Crippen LogP contribution in [-0.4, -0.2) is 16.2 Å². The van der Waals surface area contributed by atoms with Crippen molar-refractivity contribution in [1.29, 1.82) is 0 Å². The lowest BCUT2D eigenvalue weighted by atomic mass is 9.89. The standard InChI is InChI=1S/C21H24N2O2S/c1-13-4-5-17-18(11-13)26-20-19(17)21(24)23(12-22-20)6-7-25-16-9-14(2)8-15(3)10-16/h8-10,12-13H,4-7,11H2,1-3H3/t13-/m1/s1. The van der Waals surface area contributed by atoms with Crippen LogP contribution in [0.15, 0.2) is 29.3 Å². The molecule has 0 aliphatic heterocycles. The fourth-order valence-corrected chi connectivity index (χ4v) is 5.14. The van der Waals surface area contributed by atoms with Gasteiger partial charge in [0.1, 0.15) is 17.2 Å². The summed E-state index contributed by atoms with van der Waals surface area (Å²) in [7, 11) is 0. The highest BCUT2D eigenvalue weighted by Gasteiger charge is 2.23. The molecule has 4 nitrogen and oxygen atoms in total. The Morgan fingerprint density at radius 1 is 1.27 bits per heavy atom. The van der Waals surface area contributed by atoms with Crippen molar-refractivity contribution < 1.29 is 4.74 Å². The van der Waals surface area contributed by atoms with Crippen LogP contribution in [0.1, 0.15) is 34.9 Å². The van der Waals surface area contributed by atoms with Crippen LogP contribution in [0.5, 0.6) is 5.75 Å². The summed E-state index contributed by atoms with van der Waals surface area (Å²) in [5.74, 6) is 1.55. The van der Waals surface area contributed by atoms with Gasteiger partial charge in [-0.25, -0.2) is 4.98 Å². The number of rotatable bonds is 4. The predicted octanol–water partition coefficient (Wildman–Crippen LogP) is 4.28. The van der Waals surface area contributed by atoms with Crippen LogP contribution in [-0.2, 0) is 19.4 Å². The Morgan fingerprint density at radius 3 is 2.81 bits per heavy atom. The number of hydrogen-bond donors (Lipinski definition) is 0. The van der Waals surface area contributed by atoms with E-state index in [9.17, 15) is 4.79 Å². The minimum atomic E-state index is 0.0751. The maximum absolute atomic E-state index is 13.0. The van der Waals surface area contributed by atoms with Gasteiger partial charge in [-0.15, -0.1) is 11.3 Å². The van der Waals surface area contributed by atoms with E-state index in [2.05, 4.69) is 31.8 Å². The number of hydrogen-bond acceptors (Lipinski definition) is 4. The molecule has 0 saturated heterocycles. The summed E-state index contributed by atoms with van der Waals surface area (Å²) in [6.07, 6.45) is 4.89. The predicted molar refractivity (Wildman–Crippen MR) is 106 cm³/mol. The van der Waals surface area contributed by atoms with Gasteiger partial charge in [-0.3, -0.25) is 9.36 Å². The van der Waals surface area contributed by atoms with Crippen molar-refractivity contribution in [2.75, 3.05) is 6.61 Å². The van der Waals surface area contributed by atoms with Crippen LogP contribution in [0.25, 0.3) is 10.2 Å². The molecule has 136 valence electrons. The molecule has 0 spiro atoms. The van der Waals surface area contributed by atoms with Gasteiger partial charge in [0.15, 0.2) is 0 Å². The topological polar surface area (TPSA) is 44.1 Å². The average Bonchev–Trinajstić information content (AvgIpc) is 2.94. The summed E-state index contributed by atoms with van der Waals surface area (Å²) in [6, 6.07) is 6.16. The lowest BCUT2D eigenvalue weighted by Gasteiger charge is -2.17. The zero-order valence-corrected chi connectivity index (χ0v) is 16.4. The quantitative estimate of drug-likeness (QED) is 0.690. The molecule has 0 radical (unpaired) electrons. The number of aryl methyl sites for hydroxylation is 3. The molecule has 2 heterocycles. The van der Waals surface area contributed by atoms with Crippen LogP contribution in [0, 0.1) is 19.8 Å². The summed E-state index contributed by atoms with van der Waals surface area (Å²) in [5, 5.41) is 0.839. The Bertz CT molecular complexity index is 999. The number of fused-ring (bicyclic) bond motifs is 3. The number of aromatic nitrogens is 2. The lowest BCUT2D eigenvalue weighted by molar-refractivity contribution is 0.295. The molecule has 0 saturated carbocycles. The highest BCUT2D eigenvalue weighted by molar-refractivity contribution is 7.18. The summed E-state index contributed by atoms with van der Waals surface area (Å²) in [6.45, 7) is 7.37. The second-order valence-electron chi connectivity index (χ2n) is 7.45. The van der Waals surface area contributed by atoms with Gasteiger partial charge < -0.3 is 4.74 Å². The Kier molecular flexibility index (Phi) is 4.57. The lowest BCUT2D eigenvalue weighted by Crippen LogP contribution is -2.24. The molecule has 0 amide bonds. The fraction of sp³-hybridized carbons (Fsp3) is 0.429. The monoisotopic (exact) mass is 368 g/mol. The molecule has 26 heavy (non-hydrogen) atoms. The van der Waals surface area contributed by atoms with Gasteiger partial charge >= 0.3 is 0 Å². The molecular weight excluding hydrogens is 344 g/mol.